The van der Waals surface area contributed by atoms with Crippen molar-refractivity contribution in [2.24, 2.45) is 7.05 Å². The summed E-state index contributed by atoms with van der Waals surface area (Å²) in [5.41, 5.74) is 1.49. The topological polar surface area (TPSA) is 42.7 Å². The first kappa shape index (κ1) is 12.6. The molecule has 2 aromatic rings. The van der Waals surface area contributed by atoms with Crippen LogP contribution >= 0.6 is 0 Å². The quantitative estimate of drug-likeness (QED) is 0.904. The Morgan fingerprint density at radius 1 is 1.28 bits per heavy atom. The number of rotatable bonds is 3. The van der Waals surface area contributed by atoms with Crippen LogP contribution in [-0.2, 0) is 7.05 Å². The first-order valence-electron chi connectivity index (χ1n) is 5.52. The minimum Gasteiger partial charge on any atom is -0.308 e. The lowest BCUT2D eigenvalue weighted by atomic mass is 10.0. The fraction of sp³-hybridized carbons (Fsp3) is 0.333. The Morgan fingerprint density at radius 2 is 2.00 bits per heavy atom. The van der Waals surface area contributed by atoms with E-state index in [1.165, 1.54) is 6.07 Å². The molecule has 0 aliphatic rings. The zero-order valence-electron chi connectivity index (χ0n) is 10.4. The Bertz CT molecular complexity index is 565. The fourth-order valence-corrected chi connectivity index (χ4v) is 1.92. The van der Waals surface area contributed by atoms with Gasteiger partial charge in [-0.1, -0.05) is 5.21 Å². The highest BCUT2D eigenvalue weighted by atomic mass is 19.1. The van der Waals surface area contributed by atoms with Crippen LogP contribution in [0.4, 0.5) is 8.78 Å². The maximum absolute atomic E-state index is 13.9. The fourth-order valence-electron chi connectivity index (χ4n) is 1.92. The molecule has 0 saturated carbocycles. The molecule has 6 heteroatoms. The summed E-state index contributed by atoms with van der Waals surface area (Å²) < 4.78 is 28.7. The third-order valence-electron chi connectivity index (χ3n) is 2.92. The Kier molecular flexibility index (Phi) is 3.38. The van der Waals surface area contributed by atoms with Gasteiger partial charge < -0.3 is 5.32 Å². The van der Waals surface area contributed by atoms with Crippen molar-refractivity contribution in [1.29, 1.82) is 0 Å². The minimum atomic E-state index is -0.585. The number of hydrogen-bond acceptors (Lipinski definition) is 3. The Hall–Kier alpha value is -1.82. The Labute approximate surface area is 104 Å². The summed E-state index contributed by atoms with van der Waals surface area (Å²) in [6.45, 7) is 1.60. The van der Waals surface area contributed by atoms with Crippen LogP contribution in [0, 0.1) is 18.6 Å². The molecule has 0 spiro atoms. The van der Waals surface area contributed by atoms with Crippen LogP contribution in [0.5, 0.6) is 0 Å². The summed E-state index contributed by atoms with van der Waals surface area (Å²) in [5, 5.41) is 10.6. The summed E-state index contributed by atoms with van der Waals surface area (Å²) in [5.74, 6) is -1.13. The van der Waals surface area contributed by atoms with Crippen molar-refractivity contribution >= 4 is 0 Å². The van der Waals surface area contributed by atoms with E-state index in [4.69, 9.17) is 0 Å². The predicted octanol–water partition coefficient (Wildman–Crippen LogP) is 1.71. The Morgan fingerprint density at radius 3 is 2.56 bits per heavy atom. The van der Waals surface area contributed by atoms with Crippen LogP contribution in [-0.4, -0.2) is 22.0 Å². The molecule has 96 valence electrons. The van der Waals surface area contributed by atoms with Gasteiger partial charge in [-0.05, 0) is 25.6 Å². The predicted molar refractivity (Wildman–Crippen MR) is 63.0 cm³/mol. The zero-order chi connectivity index (χ0) is 13.3. The van der Waals surface area contributed by atoms with Crippen LogP contribution in [0.1, 0.15) is 22.9 Å². The van der Waals surface area contributed by atoms with Crippen molar-refractivity contribution in [3.63, 3.8) is 0 Å². The number of halogens is 2. The van der Waals surface area contributed by atoms with Gasteiger partial charge in [0.25, 0.3) is 0 Å². The summed E-state index contributed by atoms with van der Waals surface area (Å²) in [6.07, 6.45) is 1.55. The van der Waals surface area contributed by atoms with Crippen LogP contribution in [0.15, 0.2) is 18.3 Å². The molecular weight excluding hydrogens is 238 g/mol. The molecule has 0 bridgehead atoms. The minimum absolute atomic E-state index is 0.377. The lowest BCUT2D eigenvalue weighted by Gasteiger charge is -2.17. The largest absolute Gasteiger partial charge is 0.308 e. The summed E-state index contributed by atoms with van der Waals surface area (Å²) in [6, 6.07) is 1.99. The van der Waals surface area contributed by atoms with Gasteiger partial charge in [0.2, 0.25) is 0 Å². The normalized spacial score (nSPS) is 12.7. The second-order valence-corrected chi connectivity index (χ2v) is 4.13. The third-order valence-corrected chi connectivity index (χ3v) is 2.92. The highest BCUT2D eigenvalue weighted by Gasteiger charge is 2.21. The van der Waals surface area contributed by atoms with E-state index in [9.17, 15) is 8.78 Å². The van der Waals surface area contributed by atoms with E-state index in [0.717, 1.165) is 6.07 Å². The van der Waals surface area contributed by atoms with E-state index in [0.29, 0.717) is 16.8 Å². The molecule has 2 rings (SSSR count). The van der Waals surface area contributed by atoms with Crippen LogP contribution < -0.4 is 5.32 Å². The molecule has 0 saturated heterocycles. The van der Waals surface area contributed by atoms with Crippen molar-refractivity contribution in [2.75, 3.05) is 7.05 Å². The highest BCUT2D eigenvalue weighted by Crippen LogP contribution is 2.25. The number of nitrogens with one attached hydrogen (secondary N) is 1. The molecule has 0 amide bonds. The SMILES string of the molecule is CNC(c1cc(C)c(F)cc1F)c1cnnn1C. The average Bonchev–Trinajstić information content (AvgIpc) is 2.73. The molecule has 4 nitrogen and oxygen atoms in total. The average molecular weight is 252 g/mol. The van der Waals surface area contributed by atoms with Crippen molar-refractivity contribution in [2.45, 2.75) is 13.0 Å². The molecule has 0 aliphatic carbocycles. The van der Waals surface area contributed by atoms with Gasteiger partial charge in [0.15, 0.2) is 0 Å². The molecule has 0 aliphatic heterocycles. The van der Waals surface area contributed by atoms with Gasteiger partial charge in [-0.15, -0.1) is 5.10 Å². The van der Waals surface area contributed by atoms with Crippen molar-refractivity contribution in [3.05, 3.63) is 46.8 Å². The van der Waals surface area contributed by atoms with Crippen LogP contribution in [0.25, 0.3) is 0 Å². The number of hydrogen-bond donors (Lipinski definition) is 1. The van der Waals surface area contributed by atoms with Crippen molar-refractivity contribution in [3.8, 4) is 0 Å². The first-order valence-corrected chi connectivity index (χ1v) is 5.52. The van der Waals surface area contributed by atoms with Crippen LogP contribution in [0.2, 0.25) is 0 Å². The van der Waals surface area contributed by atoms with E-state index in [1.807, 2.05) is 0 Å². The zero-order valence-corrected chi connectivity index (χ0v) is 10.4. The number of aryl methyl sites for hydroxylation is 2. The van der Waals surface area contributed by atoms with E-state index in [1.54, 1.807) is 31.9 Å². The monoisotopic (exact) mass is 252 g/mol. The van der Waals surface area contributed by atoms with E-state index in [-0.39, 0.29) is 0 Å². The van der Waals surface area contributed by atoms with Gasteiger partial charge in [-0.25, -0.2) is 8.78 Å². The summed E-state index contributed by atoms with van der Waals surface area (Å²) in [7, 11) is 3.43. The van der Waals surface area contributed by atoms with Gasteiger partial charge in [0.05, 0.1) is 17.9 Å². The van der Waals surface area contributed by atoms with Gasteiger partial charge in [-0.2, -0.15) is 0 Å². The Balaban J connectivity index is 2.52. The van der Waals surface area contributed by atoms with Gasteiger partial charge in [-0.3, -0.25) is 4.68 Å². The summed E-state index contributed by atoms with van der Waals surface area (Å²) >= 11 is 0. The second-order valence-electron chi connectivity index (χ2n) is 4.13. The van der Waals surface area contributed by atoms with Gasteiger partial charge in [0, 0.05) is 18.7 Å². The number of aromatic nitrogens is 3. The van der Waals surface area contributed by atoms with Crippen molar-refractivity contribution < 1.29 is 8.78 Å². The molecule has 1 N–H and O–H groups in total. The highest BCUT2D eigenvalue weighted by molar-refractivity contribution is 5.32. The molecular formula is C12H14F2N4. The van der Waals surface area contributed by atoms with Crippen LogP contribution in [0.3, 0.4) is 0 Å². The van der Waals surface area contributed by atoms with Crippen molar-refractivity contribution in [1.82, 2.24) is 20.3 Å². The van der Waals surface area contributed by atoms with E-state index in [2.05, 4.69) is 15.6 Å². The number of nitrogens with zero attached hydrogens (tertiary/aromatic N) is 3. The maximum Gasteiger partial charge on any atom is 0.131 e. The van der Waals surface area contributed by atoms with E-state index >= 15 is 0 Å². The van der Waals surface area contributed by atoms with E-state index < -0.39 is 17.7 Å². The molecule has 1 unspecified atom stereocenters. The third kappa shape index (κ3) is 2.11. The molecule has 0 fully saturated rings. The molecule has 18 heavy (non-hydrogen) atoms. The molecule has 1 atom stereocenters. The standard InChI is InChI=1S/C12H14F2N4/c1-7-4-8(10(14)5-9(7)13)12(15-2)11-6-16-17-18(11)3/h4-6,12,15H,1-3H3. The van der Waals surface area contributed by atoms with Gasteiger partial charge in [0.1, 0.15) is 11.6 Å². The molecule has 1 aromatic heterocycles. The molecule has 0 radical (unpaired) electrons. The second kappa shape index (κ2) is 4.81. The maximum atomic E-state index is 13.9. The number of benzene rings is 1. The molecule has 1 heterocycles. The first-order chi connectivity index (χ1) is 8.54. The van der Waals surface area contributed by atoms with Gasteiger partial charge >= 0.3 is 0 Å². The smallest absolute Gasteiger partial charge is 0.131 e. The lowest BCUT2D eigenvalue weighted by Crippen LogP contribution is -2.22. The lowest BCUT2D eigenvalue weighted by molar-refractivity contribution is 0.532. The molecule has 1 aromatic carbocycles. The summed E-state index contributed by atoms with van der Waals surface area (Å²) in [4.78, 5) is 0.